The van der Waals surface area contributed by atoms with E-state index in [1.54, 1.807) is 36.4 Å². The number of carboxylic acids is 1. The first-order valence-corrected chi connectivity index (χ1v) is 9.90. The summed E-state index contributed by atoms with van der Waals surface area (Å²) in [5.41, 5.74) is 0.905. The maximum atomic E-state index is 13.1. The molecule has 0 aliphatic heterocycles. The predicted octanol–water partition coefficient (Wildman–Crippen LogP) is 4.02. The second kappa shape index (κ2) is 9.00. The van der Waals surface area contributed by atoms with Gasteiger partial charge in [0, 0.05) is 16.0 Å². The van der Waals surface area contributed by atoms with E-state index in [2.05, 4.69) is 26.0 Å². The highest BCUT2D eigenvalue weighted by Gasteiger charge is 2.15. The quantitative estimate of drug-likeness (QED) is 0.540. The number of hydrogen-bond acceptors (Lipinski definition) is 5. The largest absolute Gasteiger partial charge is 0.481 e. The Morgan fingerprint density at radius 1 is 1.34 bits per heavy atom. The number of para-hydroxylation sites is 1. The molecular formula is C21H20BrN3O4. The van der Waals surface area contributed by atoms with E-state index in [9.17, 15) is 9.59 Å². The van der Waals surface area contributed by atoms with Gasteiger partial charge in [0.25, 0.3) is 5.56 Å². The summed E-state index contributed by atoms with van der Waals surface area (Å²) < 4.78 is 7.39. The summed E-state index contributed by atoms with van der Waals surface area (Å²) in [7, 11) is 0. The Morgan fingerprint density at radius 3 is 2.83 bits per heavy atom. The predicted molar refractivity (Wildman–Crippen MR) is 115 cm³/mol. The van der Waals surface area contributed by atoms with Crippen molar-refractivity contribution in [3.05, 3.63) is 68.7 Å². The van der Waals surface area contributed by atoms with Crippen molar-refractivity contribution in [1.82, 2.24) is 9.66 Å². The third kappa shape index (κ3) is 4.71. The van der Waals surface area contributed by atoms with Gasteiger partial charge in [-0.15, -0.1) is 0 Å². The third-order valence-corrected chi connectivity index (χ3v) is 4.96. The van der Waals surface area contributed by atoms with E-state index < -0.39 is 12.6 Å². The Balaban J connectivity index is 2.11. The van der Waals surface area contributed by atoms with Gasteiger partial charge >= 0.3 is 5.97 Å². The van der Waals surface area contributed by atoms with Crippen LogP contribution in [0.5, 0.6) is 5.75 Å². The molecule has 3 rings (SSSR count). The second-order valence-electron chi connectivity index (χ2n) is 6.52. The van der Waals surface area contributed by atoms with Gasteiger partial charge in [0.05, 0.1) is 17.1 Å². The zero-order valence-electron chi connectivity index (χ0n) is 16.0. The molecule has 150 valence electrons. The van der Waals surface area contributed by atoms with E-state index in [1.165, 1.54) is 10.9 Å². The van der Waals surface area contributed by atoms with E-state index in [0.717, 1.165) is 10.9 Å². The normalized spacial score (nSPS) is 12.4. The number of ether oxygens (including phenoxy) is 1. The van der Waals surface area contributed by atoms with Crippen LogP contribution in [0.1, 0.15) is 37.6 Å². The standard InChI is InChI=1S/C21H20BrN3O4/c1-3-13(2)20-24-17-9-8-15(22)10-16(17)21(28)25(20)23-11-14-6-4-5-7-18(14)29-12-19(26)27/h4-11,13H,3,12H2,1-2H3,(H,26,27)/t13-/m0/s1. The van der Waals surface area contributed by atoms with Gasteiger partial charge in [-0.3, -0.25) is 4.79 Å². The fraction of sp³-hybridized carbons (Fsp3) is 0.238. The monoisotopic (exact) mass is 457 g/mol. The van der Waals surface area contributed by atoms with Crippen LogP contribution < -0.4 is 10.3 Å². The number of carboxylic acid groups (broad SMARTS) is 1. The van der Waals surface area contributed by atoms with Crippen LogP contribution in [0, 0.1) is 0 Å². The minimum absolute atomic E-state index is 0.0198. The molecule has 0 radical (unpaired) electrons. The smallest absolute Gasteiger partial charge is 0.341 e. The fourth-order valence-corrected chi connectivity index (χ4v) is 3.12. The topological polar surface area (TPSA) is 93.8 Å². The number of fused-ring (bicyclic) bond motifs is 1. The van der Waals surface area contributed by atoms with Crippen molar-refractivity contribution in [2.24, 2.45) is 5.10 Å². The molecule has 3 aromatic rings. The maximum Gasteiger partial charge on any atom is 0.341 e. The summed E-state index contributed by atoms with van der Waals surface area (Å²) in [5, 5.41) is 13.7. The molecule has 0 aliphatic carbocycles. The molecule has 0 fully saturated rings. The molecule has 1 N–H and O–H groups in total. The summed E-state index contributed by atoms with van der Waals surface area (Å²) in [6.07, 6.45) is 2.28. The average molecular weight is 458 g/mol. The minimum atomic E-state index is -1.07. The first-order chi connectivity index (χ1) is 13.9. The summed E-state index contributed by atoms with van der Waals surface area (Å²) >= 11 is 3.39. The van der Waals surface area contributed by atoms with Crippen molar-refractivity contribution in [2.75, 3.05) is 6.61 Å². The van der Waals surface area contributed by atoms with Crippen molar-refractivity contribution in [3.8, 4) is 5.75 Å². The molecule has 7 nitrogen and oxygen atoms in total. The molecule has 1 aromatic heterocycles. The second-order valence-corrected chi connectivity index (χ2v) is 7.44. The molecular weight excluding hydrogens is 438 g/mol. The molecule has 0 bridgehead atoms. The number of rotatable bonds is 7. The van der Waals surface area contributed by atoms with Gasteiger partial charge in [0.15, 0.2) is 6.61 Å². The number of nitrogens with zero attached hydrogens (tertiary/aromatic N) is 3. The first-order valence-electron chi connectivity index (χ1n) is 9.11. The summed E-state index contributed by atoms with van der Waals surface area (Å²) in [6.45, 7) is 3.54. The SMILES string of the molecule is CC[C@H](C)c1nc2ccc(Br)cc2c(=O)n1N=Cc1ccccc1OCC(=O)O. The summed E-state index contributed by atoms with van der Waals surface area (Å²) in [6, 6.07) is 12.3. The van der Waals surface area contributed by atoms with Gasteiger partial charge < -0.3 is 9.84 Å². The summed E-state index contributed by atoms with van der Waals surface area (Å²) in [5.74, 6) is -0.122. The lowest BCUT2D eigenvalue weighted by Crippen LogP contribution is -2.23. The van der Waals surface area contributed by atoms with Crippen molar-refractivity contribution < 1.29 is 14.6 Å². The van der Waals surface area contributed by atoms with E-state index in [0.29, 0.717) is 28.0 Å². The van der Waals surface area contributed by atoms with E-state index in [1.807, 2.05) is 19.9 Å². The van der Waals surface area contributed by atoms with Crippen LogP contribution in [0.2, 0.25) is 0 Å². The molecule has 1 heterocycles. The Bertz CT molecular complexity index is 1140. The minimum Gasteiger partial charge on any atom is -0.481 e. The average Bonchev–Trinajstić information content (AvgIpc) is 2.71. The van der Waals surface area contributed by atoms with E-state index in [4.69, 9.17) is 9.84 Å². The van der Waals surface area contributed by atoms with Gasteiger partial charge in [-0.2, -0.15) is 9.78 Å². The van der Waals surface area contributed by atoms with Crippen LogP contribution in [-0.4, -0.2) is 33.6 Å². The first kappa shape index (κ1) is 20.7. The zero-order chi connectivity index (χ0) is 21.0. The van der Waals surface area contributed by atoms with Crippen molar-refractivity contribution in [3.63, 3.8) is 0 Å². The van der Waals surface area contributed by atoms with Crippen LogP contribution in [0.3, 0.4) is 0 Å². The highest BCUT2D eigenvalue weighted by Crippen LogP contribution is 2.21. The lowest BCUT2D eigenvalue weighted by atomic mass is 10.1. The number of aliphatic carboxylic acids is 1. The van der Waals surface area contributed by atoms with Gasteiger partial charge in [-0.25, -0.2) is 9.78 Å². The van der Waals surface area contributed by atoms with Crippen molar-refractivity contribution in [2.45, 2.75) is 26.2 Å². The number of benzene rings is 2. The molecule has 29 heavy (non-hydrogen) atoms. The third-order valence-electron chi connectivity index (χ3n) is 4.47. The summed E-state index contributed by atoms with van der Waals surface area (Å²) in [4.78, 5) is 28.6. The molecule has 0 unspecified atom stereocenters. The Hall–Kier alpha value is -3.00. The number of aromatic nitrogens is 2. The Kier molecular flexibility index (Phi) is 6.43. The maximum absolute atomic E-state index is 13.1. The van der Waals surface area contributed by atoms with Crippen LogP contribution in [0.4, 0.5) is 0 Å². The highest BCUT2D eigenvalue weighted by atomic mass is 79.9. The highest BCUT2D eigenvalue weighted by molar-refractivity contribution is 9.10. The molecule has 0 aliphatic rings. The van der Waals surface area contributed by atoms with E-state index >= 15 is 0 Å². The van der Waals surface area contributed by atoms with Gasteiger partial charge in [0.1, 0.15) is 11.6 Å². The molecule has 1 atom stereocenters. The number of hydrogen-bond donors (Lipinski definition) is 1. The van der Waals surface area contributed by atoms with Gasteiger partial charge in [0.2, 0.25) is 0 Å². The van der Waals surface area contributed by atoms with Gasteiger partial charge in [-0.05, 0) is 36.8 Å². The number of carbonyl (C=O) groups is 1. The van der Waals surface area contributed by atoms with Gasteiger partial charge in [-0.1, -0.05) is 41.9 Å². The lowest BCUT2D eigenvalue weighted by Gasteiger charge is -2.14. The van der Waals surface area contributed by atoms with Crippen molar-refractivity contribution in [1.29, 1.82) is 0 Å². The molecule has 0 saturated carbocycles. The zero-order valence-corrected chi connectivity index (χ0v) is 17.6. The Labute approximate surface area is 175 Å². The number of halogens is 1. The van der Waals surface area contributed by atoms with Crippen molar-refractivity contribution >= 4 is 39.0 Å². The van der Waals surface area contributed by atoms with Crippen LogP contribution in [-0.2, 0) is 4.79 Å². The van der Waals surface area contributed by atoms with E-state index in [-0.39, 0.29) is 11.5 Å². The van der Waals surface area contributed by atoms with Crippen LogP contribution >= 0.6 is 15.9 Å². The lowest BCUT2D eigenvalue weighted by molar-refractivity contribution is -0.139. The molecule has 0 spiro atoms. The molecule has 2 aromatic carbocycles. The fourth-order valence-electron chi connectivity index (χ4n) is 2.76. The Morgan fingerprint density at radius 2 is 2.10 bits per heavy atom. The van der Waals surface area contributed by atoms with Crippen LogP contribution in [0.15, 0.2) is 56.8 Å². The molecule has 0 amide bonds. The molecule has 0 saturated heterocycles. The molecule has 8 heteroatoms. The van der Waals surface area contributed by atoms with Crippen LogP contribution in [0.25, 0.3) is 10.9 Å².